The minimum Gasteiger partial charge on any atom is -0.394 e. The molecule has 0 saturated heterocycles. The molecular weight excluding hydrogens is 336 g/mol. The molecule has 0 saturated carbocycles. The van der Waals surface area contributed by atoms with Crippen molar-refractivity contribution in [2.75, 3.05) is 13.2 Å². The van der Waals surface area contributed by atoms with Crippen LogP contribution in [-0.2, 0) is 9.59 Å². The fourth-order valence-corrected chi connectivity index (χ4v) is 1.24. The van der Waals surface area contributed by atoms with Gasteiger partial charge in [0.05, 0.1) is 13.2 Å². The molecule has 0 aliphatic rings. The summed E-state index contributed by atoms with van der Waals surface area (Å²) in [5, 5.41) is 87.1. The molecule has 0 aromatic rings. The van der Waals surface area contributed by atoms with Crippen molar-refractivity contribution in [2.24, 2.45) is 0 Å². The molecule has 0 aliphatic carbocycles. The first kappa shape index (κ1) is 25.2. The van der Waals surface area contributed by atoms with Gasteiger partial charge in [-0.3, -0.25) is 0 Å². The molecule has 0 spiro atoms. The second-order valence-electron chi connectivity index (χ2n) is 4.72. The average Bonchev–Trinajstić information content (AvgIpc) is 2.62. The van der Waals surface area contributed by atoms with E-state index in [0.717, 1.165) is 0 Å². The molecule has 0 aromatic carbocycles. The van der Waals surface area contributed by atoms with Gasteiger partial charge in [-0.2, -0.15) is 0 Å². The van der Waals surface area contributed by atoms with Crippen molar-refractivity contribution in [1.29, 1.82) is 0 Å². The van der Waals surface area contributed by atoms with E-state index in [1.807, 2.05) is 0 Å². The Balaban J connectivity index is 0. The third kappa shape index (κ3) is 8.70. The van der Waals surface area contributed by atoms with Gasteiger partial charge in [0.25, 0.3) is 0 Å². The first-order chi connectivity index (χ1) is 11.1. The van der Waals surface area contributed by atoms with Gasteiger partial charge in [-0.15, -0.1) is 0 Å². The quantitative estimate of drug-likeness (QED) is 0.164. The highest BCUT2D eigenvalue weighted by atomic mass is 16.4. The Morgan fingerprint density at radius 1 is 0.542 bits per heavy atom. The monoisotopic (exact) mass is 360 g/mol. The molecule has 144 valence electrons. The number of aliphatic hydroxyl groups excluding tert-OH is 10. The van der Waals surface area contributed by atoms with Crippen molar-refractivity contribution >= 4 is 12.6 Å². The zero-order valence-electron chi connectivity index (χ0n) is 12.5. The molecule has 0 aromatic heterocycles. The fourth-order valence-electron chi connectivity index (χ4n) is 1.24. The summed E-state index contributed by atoms with van der Waals surface area (Å²) in [6.07, 6.45) is -13.7. The van der Waals surface area contributed by atoms with Crippen LogP contribution in [0.5, 0.6) is 0 Å². The minimum absolute atomic E-state index is 0.0258. The van der Waals surface area contributed by atoms with E-state index in [9.17, 15) is 9.59 Å². The standard InChI is InChI=1S/2C6H12O6/c2*7-1-3(9)5(11)6(12)4(10)2-8/h2*1,3-6,8-12H,2H2/t3-,4+,5-,6+;3-,4-,5-,6+/m01/s1. The second kappa shape index (κ2) is 13.3. The van der Waals surface area contributed by atoms with E-state index >= 15 is 0 Å². The molecule has 0 unspecified atom stereocenters. The maximum atomic E-state index is 9.90. The Morgan fingerprint density at radius 3 is 0.958 bits per heavy atom. The van der Waals surface area contributed by atoms with Crippen molar-refractivity contribution in [3.05, 3.63) is 0 Å². The maximum Gasteiger partial charge on any atom is 0.151 e. The van der Waals surface area contributed by atoms with Gasteiger partial charge in [-0.05, 0) is 0 Å². The zero-order chi connectivity index (χ0) is 19.4. The van der Waals surface area contributed by atoms with Crippen LogP contribution < -0.4 is 0 Å². The van der Waals surface area contributed by atoms with Gasteiger partial charge in [0.15, 0.2) is 12.6 Å². The van der Waals surface area contributed by atoms with E-state index in [1.165, 1.54) is 0 Å². The predicted molar refractivity (Wildman–Crippen MR) is 74.4 cm³/mol. The minimum atomic E-state index is -1.79. The van der Waals surface area contributed by atoms with Crippen molar-refractivity contribution in [2.45, 2.75) is 48.8 Å². The van der Waals surface area contributed by atoms with Crippen LogP contribution in [0.15, 0.2) is 0 Å². The molecular formula is C12H24O12. The third-order valence-electron chi connectivity index (χ3n) is 2.84. The number of carbonyl (C=O) groups is 2. The molecule has 10 N–H and O–H groups in total. The summed E-state index contributed by atoms with van der Waals surface area (Å²) < 4.78 is 0. The van der Waals surface area contributed by atoms with E-state index in [-0.39, 0.29) is 12.6 Å². The van der Waals surface area contributed by atoms with E-state index < -0.39 is 62.0 Å². The zero-order valence-corrected chi connectivity index (χ0v) is 12.5. The molecule has 0 heterocycles. The Morgan fingerprint density at radius 2 is 0.792 bits per heavy atom. The van der Waals surface area contributed by atoms with E-state index in [2.05, 4.69) is 0 Å². The summed E-state index contributed by atoms with van der Waals surface area (Å²) in [4.78, 5) is 19.8. The van der Waals surface area contributed by atoms with Gasteiger partial charge in [0.1, 0.15) is 48.8 Å². The van der Waals surface area contributed by atoms with Crippen LogP contribution in [0.25, 0.3) is 0 Å². The van der Waals surface area contributed by atoms with Gasteiger partial charge in [-0.1, -0.05) is 0 Å². The second-order valence-corrected chi connectivity index (χ2v) is 4.72. The lowest BCUT2D eigenvalue weighted by Crippen LogP contribution is -2.46. The first-order valence-corrected chi connectivity index (χ1v) is 6.65. The third-order valence-corrected chi connectivity index (χ3v) is 2.84. The topological polar surface area (TPSA) is 236 Å². The van der Waals surface area contributed by atoms with Crippen LogP contribution in [0.4, 0.5) is 0 Å². The lowest BCUT2D eigenvalue weighted by atomic mass is 10.0. The van der Waals surface area contributed by atoms with Gasteiger partial charge in [-0.25, -0.2) is 0 Å². The normalized spacial score (nSPS) is 21.1. The smallest absolute Gasteiger partial charge is 0.151 e. The largest absolute Gasteiger partial charge is 0.394 e. The van der Waals surface area contributed by atoms with E-state index in [1.54, 1.807) is 0 Å². The van der Waals surface area contributed by atoms with Crippen molar-refractivity contribution in [3.63, 3.8) is 0 Å². The molecule has 8 atom stereocenters. The summed E-state index contributed by atoms with van der Waals surface area (Å²) in [7, 11) is 0. The number of hydrogen-bond acceptors (Lipinski definition) is 12. The van der Waals surface area contributed by atoms with E-state index in [4.69, 9.17) is 51.1 Å². The molecule has 0 rings (SSSR count). The SMILES string of the molecule is O=C[C@@H](O)[C@@H](O)[C@@H](O)[C@H](O)CO.O=C[C@H](O)[C@H](O)[C@H](O)[C@H](O)CO. The molecule has 24 heavy (non-hydrogen) atoms. The summed E-state index contributed by atoms with van der Waals surface area (Å²) in [6, 6.07) is 0. The van der Waals surface area contributed by atoms with Gasteiger partial charge >= 0.3 is 0 Å². The van der Waals surface area contributed by atoms with Gasteiger partial charge in [0, 0.05) is 0 Å². The van der Waals surface area contributed by atoms with Gasteiger partial charge < -0.3 is 60.7 Å². The van der Waals surface area contributed by atoms with Crippen LogP contribution in [0, 0.1) is 0 Å². The summed E-state index contributed by atoms with van der Waals surface area (Å²) in [5.41, 5.74) is 0. The lowest BCUT2D eigenvalue weighted by molar-refractivity contribution is -0.136. The number of hydrogen-bond donors (Lipinski definition) is 10. The predicted octanol–water partition coefficient (Wildman–Crippen LogP) is -6.76. The summed E-state index contributed by atoms with van der Waals surface area (Å²) >= 11 is 0. The number of aliphatic hydroxyl groups is 10. The van der Waals surface area contributed by atoms with E-state index in [0.29, 0.717) is 0 Å². The number of aldehydes is 2. The summed E-state index contributed by atoms with van der Waals surface area (Å²) in [6.45, 7) is -1.52. The molecule has 0 bridgehead atoms. The van der Waals surface area contributed by atoms with Crippen LogP contribution in [0.2, 0.25) is 0 Å². The number of carbonyl (C=O) groups excluding carboxylic acids is 2. The molecule has 12 heteroatoms. The molecule has 0 amide bonds. The highest BCUT2D eigenvalue weighted by Gasteiger charge is 2.30. The summed E-state index contributed by atoms with van der Waals surface area (Å²) in [5.74, 6) is 0. The van der Waals surface area contributed by atoms with Crippen molar-refractivity contribution in [1.82, 2.24) is 0 Å². The highest BCUT2D eigenvalue weighted by molar-refractivity contribution is 5.57. The Labute approximate surface area is 136 Å². The maximum absolute atomic E-state index is 9.90. The lowest BCUT2D eigenvalue weighted by Gasteiger charge is -2.22. The van der Waals surface area contributed by atoms with Crippen LogP contribution in [0.1, 0.15) is 0 Å². The van der Waals surface area contributed by atoms with Crippen molar-refractivity contribution in [3.8, 4) is 0 Å². The van der Waals surface area contributed by atoms with Gasteiger partial charge in [0.2, 0.25) is 0 Å². The molecule has 0 aliphatic heterocycles. The first-order valence-electron chi connectivity index (χ1n) is 6.65. The molecule has 0 radical (unpaired) electrons. The van der Waals surface area contributed by atoms with Crippen LogP contribution in [-0.4, -0.2) is 126 Å². The molecule has 0 fully saturated rings. The van der Waals surface area contributed by atoms with Crippen LogP contribution >= 0.6 is 0 Å². The fraction of sp³-hybridized carbons (Fsp3) is 0.833. The Bertz CT molecular complexity index is 308. The average molecular weight is 360 g/mol. The Kier molecular flexibility index (Phi) is 13.9. The Hall–Kier alpha value is -1.06. The van der Waals surface area contributed by atoms with Crippen LogP contribution in [0.3, 0.4) is 0 Å². The number of rotatable bonds is 10. The molecule has 12 nitrogen and oxygen atoms in total. The highest BCUT2D eigenvalue weighted by Crippen LogP contribution is 2.03. The van der Waals surface area contributed by atoms with Crippen molar-refractivity contribution < 1.29 is 60.7 Å².